The molecular weight excluding hydrogens is 416 g/mol. The second-order valence-electron chi connectivity index (χ2n) is 8.03. The van der Waals surface area contributed by atoms with Gasteiger partial charge in [0.1, 0.15) is 11.3 Å². The lowest BCUT2D eigenvalue weighted by molar-refractivity contribution is -0.858. The van der Waals surface area contributed by atoms with E-state index in [4.69, 9.17) is 20.8 Å². The third-order valence-electron chi connectivity index (χ3n) is 5.51. The molecule has 0 aliphatic carbocycles. The van der Waals surface area contributed by atoms with Crippen LogP contribution < -0.4 is 15.1 Å². The van der Waals surface area contributed by atoms with Crippen molar-refractivity contribution in [2.24, 2.45) is 0 Å². The van der Waals surface area contributed by atoms with Gasteiger partial charge in [0.05, 0.1) is 44.2 Å². The summed E-state index contributed by atoms with van der Waals surface area (Å²) in [7, 11) is 4.15. The molecule has 2 heterocycles. The van der Waals surface area contributed by atoms with Crippen LogP contribution in [0, 0.1) is 0 Å². The first-order chi connectivity index (χ1) is 14.9. The third-order valence-corrected chi connectivity index (χ3v) is 5.75. The lowest BCUT2D eigenvalue weighted by atomic mass is 9.98. The quantitative estimate of drug-likeness (QED) is 0.612. The maximum Gasteiger partial charge on any atom is 0.290 e. The fourth-order valence-electron chi connectivity index (χ4n) is 4.09. The summed E-state index contributed by atoms with van der Waals surface area (Å²) < 4.78 is 11.5. The number of quaternary nitrogens is 1. The van der Waals surface area contributed by atoms with E-state index < -0.39 is 6.04 Å². The zero-order chi connectivity index (χ0) is 22.1. The van der Waals surface area contributed by atoms with Crippen LogP contribution in [0.15, 0.2) is 51.7 Å². The largest absolute Gasteiger partial charge is 0.494 e. The number of fused-ring (bicyclic) bond motifs is 2. The minimum Gasteiger partial charge on any atom is -0.494 e. The molecule has 0 saturated heterocycles. The molecular formula is C24H26ClN2O4+. The minimum absolute atomic E-state index is 0.121. The number of nitrogens with zero attached hydrogens (tertiary/aromatic N) is 1. The lowest BCUT2D eigenvalue weighted by Gasteiger charge is -2.25. The molecule has 7 heteroatoms. The van der Waals surface area contributed by atoms with E-state index >= 15 is 0 Å². The summed E-state index contributed by atoms with van der Waals surface area (Å²) in [5.74, 6) is 0.614. The van der Waals surface area contributed by atoms with Gasteiger partial charge in [0.25, 0.3) is 5.91 Å². The monoisotopic (exact) mass is 441 g/mol. The average Bonchev–Trinajstić information content (AvgIpc) is 3.02. The first-order valence-electron chi connectivity index (χ1n) is 10.5. The number of hydrogen-bond acceptors (Lipinski definition) is 4. The zero-order valence-electron chi connectivity index (χ0n) is 17.9. The number of amides is 1. The number of carbonyl (C=O) groups excluding carboxylic acids is 1. The third kappa shape index (κ3) is 4.05. The number of ether oxygens (including phenoxy) is 1. The van der Waals surface area contributed by atoms with E-state index in [1.165, 1.54) is 4.90 Å². The number of benzene rings is 2. The first kappa shape index (κ1) is 21.4. The van der Waals surface area contributed by atoms with Crippen molar-refractivity contribution in [2.75, 3.05) is 33.8 Å². The highest BCUT2D eigenvalue weighted by atomic mass is 35.5. The van der Waals surface area contributed by atoms with E-state index in [0.717, 1.165) is 24.3 Å². The Labute approximate surface area is 186 Å². The Morgan fingerprint density at radius 2 is 1.87 bits per heavy atom. The number of nitrogens with one attached hydrogen (secondary N) is 1. The Bertz CT molecular complexity index is 1170. The molecule has 31 heavy (non-hydrogen) atoms. The summed E-state index contributed by atoms with van der Waals surface area (Å²) in [4.78, 5) is 29.8. The van der Waals surface area contributed by atoms with Crippen LogP contribution in [0.3, 0.4) is 0 Å². The fraction of sp³-hybridized carbons (Fsp3) is 0.333. The summed E-state index contributed by atoms with van der Waals surface area (Å²) in [5, 5.41) is 0.835. The van der Waals surface area contributed by atoms with E-state index in [0.29, 0.717) is 34.7 Å². The SMILES string of the molecule is CCOc1ccc([C@H]2c3c(oc4ccc(Cl)cc4c3=O)C(=O)N2CCC[NH+](C)C)cc1. The standard InChI is InChI=1S/C24H25ClN2O4/c1-4-30-17-9-6-15(7-10-17)21-20-22(28)18-14-16(25)8-11-19(18)31-23(20)24(29)27(21)13-5-12-26(2)3/h6-11,14,21H,4-5,12-13H2,1-3H3/p+1/t21-/m0/s1. The molecule has 4 rings (SSSR count). The van der Waals surface area contributed by atoms with Gasteiger partial charge in [-0.1, -0.05) is 23.7 Å². The van der Waals surface area contributed by atoms with Gasteiger partial charge in [0.2, 0.25) is 5.76 Å². The molecule has 162 valence electrons. The normalized spacial score (nSPS) is 15.7. The molecule has 1 aliphatic heterocycles. The van der Waals surface area contributed by atoms with Crippen LogP contribution in [0.25, 0.3) is 11.0 Å². The highest BCUT2D eigenvalue weighted by Crippen LogP contribution is 2.38. The molecule has 1 atom stereocenters. The summed E-state index contributed by atoms with van der Waals surface area (Å²) in [5.41, 5.74) is 1.38. The van der Waals surface area contributed by atoms with Gasteiger partial charge < -0.3 is 19.0 Å². The lowest BCUT2D eigenvalue weighted by Crippen LogP contribution is -3.05. The smallest absolute Gasteiger partial charge is 0.290 e. The predicted molar refractivity (Wildman–Crippen MR) is 120 cm³/mol. The van der Waals surface area contributed by atoms with E-state index in [9.17, 15) is 9.59 Å². The molecule has 0 saturated carbocycles. The number of carbonyl (C=O) groups is 1. The van der Waals surface area contributed by atoms with E-state index in [1.54, 1.807) is 23.1 Å². The molecule has 0 spiro atoms. The van der Waals surface area contributed by atoms with Gasteiger partial charge in [0, 0.05) is 18.0 Å². The van der Waals surface area contributed by atoms with Crippen LogP contribution in [0.4, 0.5) is 0 Å². The van der Waals surface area contributed by atoms with Gasteiger partial charge in [-0.05, 0) is 42.8 Å². The zero-order valence-corrected chi connectivity index (χ0v) is 18.7. The summed E-state index contributed by atoms with van der Waals surface area (Å²) >= 11 is 6.12. The van der Waals surface area contributed by atoms with Crippen LogP contribution >= 0.6 is 11.6 Å². The highest BCUT2D eigenvalue weighted by Gasteiger charge is 2.42. The maximum atomic E-state index is 13.5. The van der Waals surface area contributed by atoms with Gasteiger partial charge >= 0.3 is 0 Å². The molecule has 1 aromatic heterocycles. The minimum atomic E-state index is -0.505. The molecule has 6 nitrogen and oxygen atoms in total. The summed E-state index contributed by atoms with van der Waals surface area (Å²) in [6.45, 7) is 3.94. The van der Waals surface area contributed by atoms with E-state index in [-0.39, 0.29) is 17.1 Å². The molecule has 3 aromatic rings. The second-order valence-corrected chi connectivity index (χ2v) is 8.46. The van der Waals surface area contributed by atoms with Gasteiger partial charge in [-0.3, -0.25) is 9.59 Å². The van der Waals surface area contributed by atoms with Crippen molar-refractivity contribution in [3.63, 3.8) is 0 Å². The van der Waals surface area contributed by atoms with Crippen molar-refractivity contribution in [3.05, 3.63) is 74.6 Å². The molecule has 1 aliphatic rings. The number of hydrogen-bond donors (Lipinski definition) is 1. The van der Waals surface area contributed by atoms with Crippen LogP contribution in [0.2, 0.25) is 5.02 Å². The fourth-order valence-corrected chi connectivity index (χ4v) is 4.26. The highest BCUT2D eigenvalue weighted by molar-refractivity contribution is 6.31. The Kier molecular flexibility index (Phi) is 6.03. The van der Waals surface area contributed by atoms with Crippen LogP contribution in [-0.4, -0.2) is 44.6 Å². The van der Waals surface area contributed by atoms with Crippen molar-refractivity contribution < 1.29 is 18.8 Å². The van der Waals surface area contributed by atoms with Crippen molar-refractivity contribution in [1.82, 2.24) is 4.90 Å². The molecule has 0 fully saturated rings. The molecule has 1 N–H and O–H groups in total. The number of halogens is 1. The van der Waals surface area contributed by atoms with Crippen LogP contribution in [0.5, 0.6) is 5.75 Å². The van der Waals surface area contributed by atoms with Crippen LogP contribution in [-0.2, 0) is 0 Å². The van der Waals surface area contributed by atoms with Gasteiger partial charge in [-0.15, -0.1) is 0 Å². The topological polar surface area (TPSA) is 64.2 Å². The second kappa shape index (κ2) is 8.73. The van der Waals surface area contributed by atoms with Gasteiger partial charge in [-0.25, -0.2) is 0 Å². The summed E-state index contributed by atoms with van der Waals surface area (Å²) in [6, 6.07) is 11.9. The van der Waals surface area contributed by atoms with Crippen LogP contribution in [0.1, 0.15) is 41.1 Å². The predicted octanol–water partition coefficient (Wildman–Crippen LogP) is 2.92. The Hall–Kier alpha value is -2.83. The summed E-state index contributed by atoms with van der Waals surface area (Å²) in [6.07, 6.45) is 0.815. The van der Waals surface area contributed by atoms with Crippen molar-refractivity contribution in [1.29, 1.82) is 0 Å². The first-order valence-corrected chi connectivity index (χ1v) is 10.9. The molecule has 0 radical (unpaired) electrons. The average molecular weight is 442 g/mol. The van der Waals surface area contributed by atoms with Crippen molar-refractivity contribution >= 4 is 28.5 Å². The Morgan fingerprint density at radius 1 is 1.13 bits per heavy atom. The number of rotatable bonds is 7. The van der Waals surface area contributed by atoms with Crippen molar-refractivity contribution in [3.8, 4) is 5.75 Å². The molecule has 1 amide bonds. The maximum absolute atomic E-state index is 13.5. The molecule has 0 bridgehead atoms. The van der Waals surface area contributed by atoms with Gasteiger partial charge in [-0.2, -0.15) is 0 Å². The van der Waals surface area contributed by atoms with E-state index in [2.05, 4.69) is 14.1 Å². The van der Waals surface area contributed by atoms with Crippen molar-refractivity contribution in [2.45, 2.75) is 19.4 Å². The molecule has 2 aromatic carbocycles. The Morgan fingerprint density at radius 3 is 2.55 bits per heavy atom. The molecule has 0 unspecified atom stereocenters. The van der Waals surface area contributed by atoms with E-state index in [1.807, 2.05) is 31.2 Å². The van der Waals surface area contributed by atoms with Gasteiger partial charge in [0.15, 0.2) is 5.43 Å². The Balaban J connectivity index is 1.84.